The molecule has 0 saturated carbocycles. The number of carbonyl (C=O) groups is 1. The Kier molecular flexibility index (Phi) is 3.55. The van der Waals surface area contributed by atoms with Crippen LogP contribution in [0.25, 0.3) is 0 Å². The van der Waals surface area contributed by atoms with Gasteiger partial charge in [-0.05, 0) is 24.0 Å². The smallest absolute Gasteiger partial charge is 0.172 e. The molecular weight excluding hydrogens is 226 g/mol. The molecule has 4 heteroatoms. The molecule has 0 amide bonds. The summed E-state index contributed by atoms with van der Waals surface area (Å²) < 4.78 is 1.74. The molecule has 0 bridgehead atoms. The molecule has 1 aromatic carbocycles. The molecule has 0 aliphatic rings. The van der Waals surface area contributed by atoms with Crippen molar-refractivity contribution in [1.82, 2.24) is 15.0 Å². The Morgan fingerprint density at radius 1 is 1.28 bits per heavy atom. The fourth-order valence-corrected chi connectivity index (χ4v) is 1.81. The average molecular weight is 243 g/mol. The van der Waals surface area contributed by atoms with Crippen LogP contribution in [0.5, 0.6) is 0 Å². The molecule has 0 unspecified atom stereocenters. The van der Waals surface area contributed by atoms with Crippen molar-refractivity contribution in [1.29, 1.82) is 0 Å². The molecule has 0 aliphatic carbocycles. The van der Waals surface area contributed by atoms with Crippen LogP contribution < -0.4 is 0 Å². The van der Waals surface area contributed by atoms with Crippen molar-refractivity contribution in [2.24, 2.45) is 0 Å². The predicted octanol–water partition coefficient (Wildman–Crippen LogP) is 2.57. The van der Waals surface area contributed by atoms with Crippen LogP contribution in [-0.4, -0.2) is 21.3 Å². The zero-order chi connectivity index (χ0) is 13.1. The molecule has 0 spiro atoms. The van der Waals surface area contributed by atoms with Crippen LogP contribution in [0.2, 0.25) is 0 Å². The van der Waals surface area contributed by atoms with E-state index in [9.17, 15) is 4.79 Å². The Hall–Kier alpha value is -1.97. The lowest BCUT2D eigenvalue weighted by atomic mass is 10.0. The first-order chi connectivity index (χ1) is 8.61. The predicted molar refractivity (Wildman–Crippen MR) is 69.8 cm³/mol. The van der Waals surface area contributed by atoms with Crippen molar-refractivity contribution in [3.63, 3.8) is 0 Å². The first-order valence-corrected chi connectivity index (χ1v) is 6.06. The normalized spacial score (nSPS) is 10.9. The van der Waals surface area contributed by atoms with Gasteiger partial charge in [0.25, 0.3) is 0 Å². The molecule has 2 aromatic rings. The molecule has 1 aromatic heterocycles. The fourth-order valence-electron chi connectivity index (χ4n) is 1.81. The van der Waals surface area contributed by atoms with Gasteiger partial charge in [-0.25, -0.2) is 4.68 Å². The number of nitrogens with zero attached hydrogens (tertiary/aromatic N) is 3. The van der Waals surface area contributed by atoms with Crippen molar-refractivity contribution in [2.45, 2.75) is 33.2 Å². The SMILES string of the molecule is Cc1c(C=O)nnn1Cc1ccc(C(C)C)cc1. The van der Waals surface area contributed by atoms with Gasteiger partial charge in [0.1, 0.15) is 5.69 Å². The van der Waals surface area contributed by atoms with Gasteiger partial charge in [-0.15, -0.1) is 5.10 Å². The van der Waals surface area contributed by atoms with E-state index in [0.717, 1.165) is 17.5 Å². The Morgan fingerprint density at radius 3 is 2.44 bits per heavy atom. The second-order valence-corrected chi connectivity index (χ2v) is 4.73. The molecule has 0 atom stereocenters. The van der Waals surface area contributed by atoms with Gasteiger partial charge in [0.15, 0.2) is 6.29 Å². The number of carbonyl (C=O) groups excluding carboxylic acids is 1. The second-order valence-electron chi connectivity index (χ2n) is 4.73. The summed E-state index contributed by atoms with van der Waals surface area (Å²) in [6.07, 6.45) is 0.737. The first kappa shape index (κ1) is 12.5. The van der Waals surface area contributed by atoms with E-state index >= 15 is 0 Å². The molecular formula is C14H17N3O. The minimum absolute atomic E-state index is 0.411. The largest absolute Gasteiger partial charge is 0.296 e. The van der Waals surface area contributed by atoms with E-state index < -0.39 is 0 Å². The maximum Gasteiger partial charge on any atom is 0.172 e. The summed E-state index contributed by atoms with van der Waals surface area (Å²) in [5, 5.41) is 7.80. The number of hydrogen-bond donors (Lipinski definition) is 0. The number of aldehydes is 1. The first-order valence-electron chi connectivity index (χ1n) is 6.06. The molecule has 0 aliphatic heterocycles. The van der Waals surface area contributed by atoms with Gasteiger partial charge >= 0.3 is 0 Å². The third-order valence-electron chi connectivity index (χ3n) is 3.11. The van der Waals surface area contributed by atoms with E-state index in [4.69, 9.17) is 0 Å². The maximum atomic E-state index is 10.7. The lowest BCUT2D eigenvalue weighted by Crippen LogP contribution is -2.04. The Bertz CT molecular complexity index is 541. The summed E-state index contributed by atoms with van der Waals surface area (Å²) in [4.78, 5) is 10.7. The molecule has 1 heterocycles. The van der Waals surface area contributed by atoms with Crippen LogP contribution in [0.15, 0.2) is 24.3 Å². The van der Waals surface area contributed by atoms with Gasteiger partial charge in [0, 0.05) is 0 Å². The molecule has 4 nitrogen and oxygen atoms in total. The summed E-state index contributed by atoms with van der Waals surface area (Å²) >= 11 is 0. The van der Waals surface area contributed by atoms with Crippen LogP contribution in [-0.2, 0) is 6.54 Å². The highest BCUT2D eigenvalue weighted by Crippen LogP contribution is 2.15. The van der Waals surface area contributed by atoms with Crippen LogP contribution >= 0.6 is 0 Å². The lowest BCUT2D eigenvalue weighted by molar-refractivity contribution is 0.111. The van der Waals surface area contributed by atoms with Crippen molar-refractivity contribution in [3.8, 4) is 0 Å². The van der Waals surface area contributed by atoms with Gasteiger partial charge in [0.2, 0.25) is 0 Å². The molecule has 94 valence electrons. The lowest BCUT2D eigenvalue weighted by Gasteiger charge is -2.07. The molecule has 2 rings (SSSR count). The van der Waals surface area contributed by atoms with Crippen molar-refractivity contribution in [2.75, 3.05) is 0 Å². The summed E-state index contributed by atoms with van der Waals surface area (Å²) in [5.41, 5.74) is 3.69. The van der Waals surface area contributed by atoms with E-state index in [1.807, 2.05) is 6.92 Å². The average Bonchev–Trinajstić information content (AvgIpc) is 2.71. The fraction of sp³-hybridized carbons (Fsp3) is 0.357. The maximum absolute atomic E-state index is 10.7. The quantitative estimate of drug-likeness (QED) is 0.775. The highest BCUT2D eigenvalue weighted by molar-refractivity contribution is 5.72. The number of benzene rings is 1. The number of hydrogen-bond acceptors (Lipinski definition) is 3. The van der Waals surface area contributed by atoms with E-state index in [2.05, 4.69) is 48.4 Å². The zero-order valence-electron chi connectivity index (χ0n) is 10.9. The minimum Gasteiger partial charge on any atom is -0.296 e. The standard InChI is InChI=1S/C14H17N3O/c1-10(2)13-6-4-12(5-7-13)8-17-11(3)14(9-18)15-16-17/h4-7,9-10H,8H2,1-3H3. The van der Waals surface area contributed by atoms with Gasteiger partial charge < -0.3 is 0 Å². The summed E-state index contributed by atoms with van der Waals surface area (Å²) in [7, 11) is 0. The van der Waals surface area contributed by atoms with Crippen molar-refractivity contribution >= 4 is 6.29 Å². The third-order valence-corrected chi connectivity index (χ3v) is 3.11. The van der Waals surface area contributed by atoms with E-state index in [1.165, 1.54) is 5.56 Å². The summed E-state index contributed by atoms with van der Waals surface area (Å²) in [6.45, 7) is 6.84. The highest BCUT2D eigenvalue weighted by atomic mass is 16.1. The molecule has 0 N–H and O–H groups in total. The van der Waals surface area contributed by atoms with Crippen LogP contribution in [0.3, 0.4) is 0 Å². The van der Waals surface area contributed by atoms with Crippen LogP contribution in [0.4, 0.5) is 0 Å². The summed E-state index contributed by atoms with van der Waals surface area (Å²) in [5.74, 6) is 0.536. The van der Waals surface area contributed by atoms with E-state index in [1.54, 1.807) is 4.68 Å². The summed E-state index contributed by atoms with van der Waals surface area (Å²) in [6, 6.07) is 8.45. The van der Waals surface area contributed by atoms with E-state index in [-0.39, 0.29) is 0 Å². The third kappa shape index (κ3) is 2.47. The Balaban J connectivity index is 2.18. The van der Waals surface area contributed by atoms with Crippen LogP contribution in [0.1, 0.15) is 47.1 Å². The monoisotopic (exact) mass is 243 g/mol. The Labute approximate surface area is 107 Å². The van der Waals surface area contributed by atoms with Gasteiger partial charge in [0.05, 0.1) is 12.2 Å². The van der Waals surface area contributed by atoms with E-state index in [0.29, 0.717) is 18.2 Å². The van der Waals surface area contributed by atoms with Crippen molar-refractivity contribution < 1.29 is 4.79 Å². The highest BCUT2D eigenvalue weighted by Gasteiger charge is 2.07. The van der Waals surface area contributed by atoms with Crippen LogP contribution in [0, 0.1) is 6.92 Å². The van der Waals surface area contributed by atoms with Gasteiger partial charge in [-0.3, -0.25) is 4.79 Å². The van der Waals surface area contributed by atoms with Gasteiger partial charge in [-0.1, -0.05) is 43.3 Å². The molecule has 0 saturated heterocycles. The molecule has 18 heavy (non-hydrogen) atoms. The Morgan fingerprint density at radius 2 is 1.94 bits per heavy atom. The van der Waals surface area contributed by atoms with Gasteiger partial charge in [-0.2, -0.15) is 0 Å². The van der Waals surface area contributed by atoms with Crippen molar-refractivity contribution in [3.05, 3.63) is 46.8 Å². The minimum atomic E-state index is 0.411. The zero-order valence-corrected chi connectivity index (χ0v) is 10.9. The second kappa shape index (κ2) is 5.12. The molecule has 0 fully saturated rings. The number of rotatable bonds is 4. The topological polar surface area (TPSA) is 47.8 Å². The molecule has 0 radical (unpaired) electrons. The number of aromatic nitrogens is 3.